The van der Waals surface area contributed by atoms with Gasteiger partial charge in [-0.25, -0.2) is 18.5 Å². The molecule has 0 saturated carbocycles. The predicted octanol–water partition coefficient (Wildman–Crippen LogP) is -2.57. The molecule has 1 aliphatic heterocycles. The number of nitrogen functional groups attached to an aromatic ring is 1. The third-order valence-corrected chi connectivity index (χ3v) is 7.70. The van der Waals surface area contributed by atoms with E-state index in [4.69, 9.17) is 31.6 Å². The van der Waals surface area contributed by atoms with E-state index in [2.05, 4.69) is 23.2 Å². The molecule has 2 heterocycles. The smallest absolute Gasteiger partial charge is 0.396 e. The number of hydrogen-bond donors (Lipinski definition) is 7. The highest BCUT2D eigenvalue weighted by molar-refractivity contribution is 7.66. The van der Waals surface area contributed by atoms with Gasteiger partial charge in [-0.2, -0.15) is 23.4 Å². The minimum Gasteiger partial charge on any atom is -0.396 e. The minimum absolute atomic E-state index is 0.267. The number of anilines is 1. The fourth-order valence-electron chi connectivity index (χ4n) is 2.66. The summed E-state index contributed by atoms with van der Waals surface area (Å²) < 4.78 is 51.3. The number of ether oxygens (including phenoxy) is 1. The Bertz CT molecular complexity index is 1100. The average molecular weight is 522 g/mol. The highest BCUT2D eigenvalue weighted by Crippen LogP contribution is 2.66. The molecule has 0 aliphatic carbocycles. The van der Waals surface area contributed by atoms with Crippen LogP contribution in [-0.2, 0) is 31.6 Å². The van der Waals surface area contributed by atoms with Gasteiger partial charge < -0.3 is 40.3 Å². The van der Waals surface area contributed by atoms with Gasteiger partial charge in [0.1, 0.15) is 5.82 Å². The molecule has 1 aromatic rings. The summed E-state index contributed by atoms with van der Waals surface area (Å²) in [5.41, 5.74) is 1.80. The topological polar surface area (TPSA) is 283 Å². The summed E-state index contributed by atoms with van der Waals surface area (Å²) in [6.07, 6.45) is 2.93. The van der Waals surface area contributed by atoms with Crippen LogP contribution in [0.5, 0.6) is 0 Å². The van der Waals surface area contributed by atoms with E-state index < -0.39 is 66.2 Å². The molecule has 0 spiro atoms. The minimum atomic E-state index is -5.77. The number of phosphoric ester groups is 1. The van der Waals surface area contributed by atoms with E-state index in [1.54, 1.807) is 0 Å². The molecule has 1 saturated heterocycles. The van der Waals surface area contributed by atoms with Crippen molar-refractivity contribution >= 4 is 29.3 Å². The van der Waals surface area contributed by atoms with Crippen molar-refractivity contribution in [2.45, 2.75) is 17.9 Å². The quantitative estimate of drug-likeness (QED) is 0.130. The van der Waals surface area contributed by atoms with Gasteiger partial charge in [0.25, 0.3) is 0 Å². The van der Waals surface area contributed by atoms with E-state index >= 15 is 0 Å². The van der Waals surface area contributed by atoms with Crippen LogP contribution < -0.4 is 11.4 Å². The Hall–Kier alpha value is -1.54. The molecule has 8 N–H and O–H groups in total. The Morgan fingerprint density at radius 2 is 1.88 bits per heavy atom. The molecule has 0 aromatic carbocycles. The highest BCUT2D eigenvalue weighted by atomic mass is 31.3. The van der Waals surface area contributed by atoms with Gasteiger partial charge in [-0.15, -0.1) is 6.42 Å². The van der Waals surface area contributed by atoms with Crippen LogP contribution in [-0.4, -0.2) is 69.5 Å². The molecule has 21 heteroatoms. The van der Waals surface area contributed by atoms with Crippen LogP contribution in [0.15, 0.2) is 11.0 Å². The van der Waals surface area contributed by atoms with Crippen molar-refractivity contribution in [1.29, 1.82) is 0 Å². The van der Waals surface area contributed by atoms with Gasteiger partial charge in [0, 0.05) is 0 Å². The molecule has 0 radical (unpaired) electrons. The number of phosphoric acid groups is 3. The molecule has 4 unspecified atom stereocenters. The predicted molar refractivity (Wildman–Crippen MR) is 98.8 cm³/mol. The maximum Gasteiger partial charge on any atom is 0.490 e. The monoisotopic (exact) mass is 522 g/mol. The van der Waals surface area contributed by atoms with E-state index in [9.17, 15) is 33.6 Å². The lowest BCUT2D eigenvalue weighted by Crippen LogP contribution is -2.46. The zero-order chi connectivity index (χ0) is 24.5. The third kappa shape index (κ3) is 6.28. The fourth-order valence-corrected chi connectivity index (χ4v) is 5.69. The molecule has 1 fully saturated rings. The van der Waals surface area contributed by atoms with Crippen molar-refractivity contribution in [3.8, 4) is 12.3 Å². The summed E-state index contributed by atoms with van der Waals surface area (Å²) in [7, 11) is -16.9. The van der Waals surface area contributed by atoms with E-state index in [0.717, 1.165) is 6.20 Å². The van der Waals surface area contributed by atoms with Crippen molar-refractivity contribution in [3.05, 3.63) is 16.7 Å². The van der Waals surface area contributed by atoms with Gasteiger partial charge in [-0.3, -0.25) is 4.52 Å². The van der Waals surface area contributed by atoms with Crippen LogP contribution in [0.2, 0.25) is 0 Å². The van der Waals surface area contributed by atoms with Gasteiger partial charge in [-0.05, 0) is 0 Å². The molecule has 1 aliphatic rings. The molecule has 32 heavy (non-hydrogen) atoms. The van der Waals surface area contributed by atoms with Crippen molar-refractivity contribution < 1.29 is 61.4 Å². The Morgan fingerprint density at radius 1 is 1.25 bits per heavy atom. The normalized spacial score (nSPS) is 29.7. The second kappa shape index (κ2) is 9.37. The van der Waals surface area contributed by atoms with Gasteiger partial charge in [0.15, 0.2) is 11.8 Å². The third-order valence-electron chi connectivity index (χ3n) is 3.90. The number of aromatic nitrogens is 3. The highest BCUT2D eigenvalue weighted by Gasteiger charge is 2.57. The van der Waals surface area contributed by atoms with Crippen molar-refractivity contribution in [2.24, 2.45) is 5.92 Å². The van der Waals surface area contributed by atoms with E-state index in [0.29, 0.717) is 4.68 Å². The first-order valence-corrected chi connectivity index (χ1v) is 12.5. The number of aliphatic hydroxyl groups excluding tert-OH is 1. The zero-order valence-electron chi connectivity index (χ0n) is 15.5. The van der Waals surface area contributed by atoms with E-state index in [-0.39, 0.29) is 5.82 Å². The van der Waals surface area contributed by atoms with Crippen molar-refractivity contribution in [3.63, 3.8) is 0 Å². The van der Waals surface area contributed by atoms with E-state index in [1.165, 1.54) is 0 Å². The average Bonchev–Trinajstić information content (AvgIpc) is 2.89. The second-order valence-corrected chi connectivity index (χ2v) is 10.5. The van der Waals surface area contributed by atoms with Gasteiger partial charge in [0.05, 0.1) is 31.4 Å². The molecule has 18 nitrogen and oxygen atoms in total. The lowest BCUT2D eigenvalue weighted by atomic mass is 9.86. The lowest BCUT2D eigenvalue weighted by molar-refractivity contribution is -0.0817. The van der Waals surface area contributed by atoms with Gasteiger partial charge in [-0.1, -0.05) is 5.92 Å². The van der Waals surface area contributed by atoms with Crippen LogP contribution >= 0.6 is 23.5 Å². The van der Waals surface area contributed by atoms with E-state index in [1.807, 2.05) is 5.92 Å². The number of rotatable bonds is 9. The maximum atomic E-state index is 12.0. The van der Waals surface area contributed by atoms with Crippen LogP contribution in [0.3, 0.4) is 0 Å². The molecular weight excluding hydrogens is 505 g/mol. The summed E-state index contributed by atoms with van der Waals surface area (Å²) in [6.45, 7) is -1.95. The molecule has 0 amide bonds. The SMILES string of the molecule is C#CC1(O)C(CO)[C@@H](COP(=O)(O)OP(=O)(O)OP(=O)(O)O)O[C@H]1n1ncc(N)nc1=O. The van der Waals surface area contributed by atoms with Crippen LogP contribution in [0.1, 0.15) is 6.23 Å². The zero-order valence-corrected chi connectivity index (χ0v) is 18.2. The Labute approximate surface area is 178 Å². The molecular formula is C11H17N4O14P3. The van der Waals surface area contributed by atoms with Gasteiger partial charge >= 0.3 is 29.2 Å². The number of aliphatic hydroxyl groups is 2. The fraction of sp³-hybridized carbons (Fsp3) is 0.545. The van der Waals surface area contributed by atoms with Gasteiger partial charge in [0.2, 0.25) is 0 Å². The molecule has 2 rings (SSSR count). The van der Waals surface area contributed by atoms with Crippen LogP contribution in [0.25, 0.3) is 0 Å². The molecule has 0 bridgehead atoms. The summed E-state index contributed by atoms with van der Waals surface area (Å²) in [5.74, 6) is 0.196. The number of terminal acetylenes is 1. The first-order valence-electron chi connectivity index (χ1n) is 8.00. The second-order valence-electron chi connectivity index (χ2n) is 6.08. The lowest BCUT2D eigenvalue weighted by Gasteiger charge is -2.27. The number of hydrogen-bond acceptors (Lipinski definition) is 13. The largest absolute Gasteiger partial charge is 0.490 e. The number of nitrogens with two attached hydrogens (primary N) is 1. The first-order chi connectivity index (χ1) is 14.5. The van der Waals surface area contributed by atoms with Crippen molar-refractivity contribution in [1.82, 2.24) is 14.8 Å². The number of nitrogens with zero attached hydrogens (tertiary/aromatic N) is 3. The summed E-state index contributed by atoms with van der Waals surface area (Å²) in [5, 5.41) is 24.0. The molecule has 180 valence electrons. The Morgan fingerprint density at radius 3 is 2.38 bits per heavy atom. The van der Waals surface area contributed by atoms with Crippen LogP contribution in [0, 0.1) is 18.3 Å². The summed E-state index contributed by atoms with van der Waals surface area (Å²) in [4.78, 5) is 51.1. The standard InChI is InChI=1S/C11H17N4O14P3/c1-2-11(18)6(4-16)7(27-9(11)15-10(17)14-8(12)3-13-15)5-26-31(22,23)29-32(24,25)28-30(19,20)21/h1,3,6-7,9,16,18H,4-5H2,(H,22,23)(H,24,25)(H2,12,14,17)(H2,19,20,21)/t6?,7-,9-,11?/m1/s1. The Kier molecular flexibility index (Phi) is 7.82. The Balaban J connectivity index is 2.24. The van der Waals surface area contributed by atoms with Crippen LogP contribution in [0.4, 0.5) is 5.82 Å². The molecule has 1 aromatic heterocycles. The van der Waals surface area contributed by atoms with Crippen molar-refractivity contribution in [2.75, 3.05) is 18.9 Å². The maximum absolute atomic E-state index is 12.0. The summed E-state index contributed by atoms with van der Waals surface area (Å²) in [6, 6.07) is 0. The summed E-state index contributed by atoms with van der Waals surface area (Å²) >= 11 is 0. The molecule has 6 atom stereocenters. The first kappa shape index (κ1) is 26.7.